The molecule has 0 bridgehead atoms. The van der Waals surface area contributed by atoms with Gasteiger partial charge in [-0.3, -0.25) is 4.55 Å². The van der Waals surface area contributed by atoms with E-state index in [4.69, 9.17) is 8.97 Å². The van der Waals surface area contributed by atoms with Crippen molar-refractivity contribution in [1.82, 2.24) is 4.58 Å². The van der Waals surface area contributed by atoms with Crippen LogP contribution in [0.1, 0.15) is 34.1 Å². The van der Waals surface area contributed by atoms with Crippen molar-refractivity contribution in [2.75, 3.05) is 55.9 Å². The minimum Gasteiger partial charge on any atom is -0.456 e. The van der Waals surface area contributed by atoms with Gasteiger partial charge in [0.1, 0.15) is 24.4 Å². The monoisotopic (exact) mass is 600 g/mol. The van der Waals surface area contributed by atoms with E-state index in [9.17, 15) is 8.42 Å². The molecule has 7 nitrogen and oxygen atoms in total. The molecule has 0 atom stereocenters. The number of nitrogens with two attached hydrogens (primary N) is 1. The summed E-state index contributed by atoms with van der Waals surface area (Å²) >= 11 is 1.57. The molecule has 1 aliphatic carbocycles. The molecule has 4 rings (SSSR count). The third-order valence-electron chi connectivity index (χ3n) is 6.76. The standard InChI is InChI=1S/C27H31N2O.C4H10O3S2.CH5N/c1-5-28(6-2)21-14-16-23-25(18-21)30-26-19-22(29(7-3)8-4)15-17-24(26)27(23)20-12-10-9-11-13-20;1-8-3-2-4-9(5,6)7;1-2/h9-19H,5-8H2,1-4H3;2-4H2,1H3,(H,5,6,7);2H2,1H3/q+1;;. The van der Waals surface area contributed by atoms with Crippen molar-refractivity contribution in [2.45, 2.75) is 34.1 Å². The summed E-state index contributed by atoms with van der Waals surface area (Å²) in [4.78, 5) is 2.35. The average Bonchev–Trinajstić information content (AvgIpc) is 2.98. The Morgan fingerprint density at radius 3 is 2.15 bits per heavy atom. The Labute approximate surface area is 250 Å². The minimum atomic E-state index is -3.71. The topological polar surface area (TPSA) is 99.8 Å². The first-order valence-electron chi connectivity index (χ1n) is 14.2. The first-order valence-corrected chi connectivity index (χ1v) is 17.2. The molecule has 0 spiro atoms. The number of hydrogen-bond acceptors (Lipinski definition) is 6. The molecule has 224 valence electrons. The molecule has 0 radical (unpaired) electrons. The van der Waals surface area contributed by atoms with Crippen LogP contribution in [0.15, 0.2) is 71.1 Å². The molecule has 1 aliphatic heterocycles. The summed E-state index contributed by atoms with van der Waals surface area (Å²) in [7, 11) is -2.21. The maximum atomic E-state index is 10.1. The zero-order valence-corrected chi connectivity index (χ0v) is 26.9. The molecule has 2 aromatic rings. The molecule has 2 aliphatic rings. The summed E-state index contributed by atoms with van der Waals surface area (Å²) in [5.41, 5.74) is 10.2. The molecular formula is C32H46N3O4S2+. The number of fused-ring (bicyclic) bond motifs is 2. The Morgan fingerprint density at radius 2 is 1.59 bits per heavy atom. The highest BCUT2D eigenvalue weighted by molar-refractivity contribution is 7.98. The van der Waals surface area contributed by atoms with E-state index in [-0.39, 0.29) is 5.75 Å². The summed E-state index contributed by atoms with van der Waals surface area (Å²) in [5, 5.41) is 2.36. The van der Waals surface area contributed by atoms with Crippen molar-refractivity contribution < 1.29 is 17.4 Å². The Kier molecular flexibility index (Phi) is 14.4. The Hall–Kier alpha value is -2.85. The number of benzene rings is 3. The van der Waals surface area contributed by atoms with Gasteiger partial charge in [-0.05, 0) is 76.9 Å². The smallest absolute Gasteiger partial charge is 0.264 e. The third-order valence-corrected chi connectivity index (χ3v) is 8.26. The van der Waals surface area contributed by atoms with Crippen LogP contribution in [-0.2, 0) is 10.1 Å². The van der Waals surface area contributed by atoms with Crippen LogP contribution in [0.5, 0.6) is 0 Å². The van der Waals surface area contributed by atoms with Gasteiger partial charge >= 0.3 is 0 Å². The molecule has 0 unspecified atom stereocenters. The fraction of sp³-hybridized carbons (Fsp3) is 0.406. The van der Waals surface area contributed by atoms with Crippen LogP contribution in [0.3, 0.4) is 0 Å². The van der Waals surface area contributed by atoms with Gasteiger partial charge in [-0.25, -0.2) is 4.58 Å². The zero-order valence-electron chi connectivity index (χ0n) is 25.3. The predicted molar refractivity (Wildman–Crippen MR) is 178 cm³/mol. The van der Waals surface area contributed by atoms with Crippen molar-refractivity contribution in [3.63, 3.8) is 0 Å². The lowest BCUT2D eigenvalue weighted by Gasteiger charge is -2.22. The van der Waals surface area contributed by atoms with Crippen LogP contribution < -0.4 is 20.6 Å². The predicted octanol–water partition coefficient (Wildman–Crippen LogP) is 6.07. The van der Waals surface area contributed by atoms with E-state index < -0.39 is 10.1 Å². The first-order chi connectivity index (χ1) is 19.8. The third kappa shape index (κ3) is 9.60. The molecule has 0 aromatic heterocycles. The largest absolute Gasteiger partial charge is 0.456 e. The maximum Gasteiger partial charge on any atom is 0.264 e. The first kappa shape index (κ1) is 34.4. The van der Waals surface area contributed by atoms with E-state index in [0.29, 0.717) is 6.42 Å². The average molecular weight is 601 g/mol. The normalized spacial score (nSPS) is 10.9. The fourth-order valence-corrected chi connectivity index (χ4v) is 5.86. The van der Waals surface area contributed by atoms with E-state index in [0.717, 1.165) is 54.2 Å². The fourth-order valence-electron chi connectivity index (χ4n) is 4.74. The van der Waals surface area contributed by atoms with E-state index in [1.165, 1.54) is 29.2 Å². The second-order valence-corrected chi connectivity index (χ2v) is 11.7. The van der Waals surface area contributed by atoms with Gasteiger partial charge in [0.05, 0.1) is 11.8 Å². The number of nitrogens with zero attached hydrogens (tertiary/aromatic N) is 2. The molecule has 0 fully saturated rings. The molecule has 0 saturated heterocycles. The van der Waals surface area contributed by atoms with Crippen molar-refractivity contribution in [3.8, 4) is 22.5 Å². The summed E-state index contributed by atoms with van der Waals surface area (Å²) in [6.07, 6.45) is 2.42. The van der Waals surface area contributed by atoms with Crippen LogP contribution >= 0.6 is 11.8 Å². The Morgan fingerprint density at radius 1 is 0.927 bits per heavy atom. The molecule has 1 heterocycles. The number of thioether (sulfide) groups is 1. The Balaban J connectivity index is 0.000000459. The summed E-state index contributed by atoms with van der Waals surface area (Å²) in [6, 6.07) is 23.9. The molecule has 41 heavy (non-hydrogen) atoms. The molecule has 9 heteroatoms. The van der Waals surface area contributed by atoms with Gasteiger partial charge in [0, 0.05) is 47.4 Å². The van der Waals surface area contributed by atoms with Gasteiger partial charge in [-0.1, -0.05) is 30.3 Å². The lowest BCUT2D eigenvalue weighted by Crippen LogP contribution is -2.29. The van der Waals surface area contributed by atoms with E-state index in [1.54, 1.807) is 11.8 Å². The van der Waals surface area contributed by atoms with Crippen LogP contribution in [0, 0.1) is 0 Å². The van der Waals surface area contributed by atoms with E-state index in [2.05, 4.69) is 110 Å². The minimum absolute atomic E-state index is 0.117. The van der Waals surface area contributed by atoms with Crippen LogP contribution in [-0.4, -0.2) is 64.0 Å². The highest BCUT2D eigenvalue weighted by Gasteiger charge is 2.19. The molecule has 0 saturated carbocycles. The summed E-state index contributed by atoms with van der Waals surface area (Å²) < 4.78 is 37.2. The van der Waals surface area contributed by atoms with Crippen molar-refractivity contribution in [1.29, 1.82) is 0 Å². The highest BCUT2D eigenvalue weighted by atomic mass is 32.2. The van der Waals surface area contributed by atoms with Gasteiger partial charge in [0.15, 0.2) is 0 Å². The van der Waals surface area contributed by atoms with Crippen LogP contribution in [0.2, 0.25) is 0 Å². The van der Waals surface area contributed by atoms with Gasteiger partial charge in [0.25, 0.3) is 10.1 Å². The number of anilines is 1. The quantitative estimate of drug-likeness (QED) is 0.0987. The molecule has 3 N–H and O–H groups in total. The van der Waals surface area contributed by atoms with Gasteiger partial charge in [0.2, 0.25) is 5.36 Å². The summed E-state index contributed by atoms with van der Waals surface area (Å²) in [5.74, 6) is 1.59. The molecule has 0 amide bonds. The van der Waals surface area contributed by atoms with Crippen molar-refractivity contribution in [2.24, 2.45) is 5.73 Å². The van der Waals surface area contributed by atoms with Crippen LogP contribution in [0.4, 0.5) is 5.69 Å². The molecule has 2 aromatic carbocycles. The van der Waals surface area contributed by atoms with Crippen molar-refractivity contribution in [3.05, 3.63) is 72.1 Å². The highest BCUT2D eigenvalue weighted by Crippen LogP contribution is 2.40. The van der Waals surface area contributed by atoms with E-state index in [1.807, 2.05) is 6.26 Å². The summed E-state index contributed by atoms with van der Waals surface area (Å²) in [6.45, 7) is 12.7. The van der Waals surface area contributed by atoms with Crippen molar-refractivity contribution >= 4 is 38.5 Å². The lowest BCUT2D eigenvalue weighted by molar-refractivity contribution is 0.482. The zero-order chi connectivity index (χ0) is 30.4. The van der Waals surface area contributed by atoms with Gasteiger partial charge in [-0.2, -0.15) is 20.2 Å². The SMILES string of the molecule is CCN(CC)c1ccc2c(-c3ccccc3)c3ccc(=[N+](CC)CC)cc-3oc2c1.CN.CSCCCS(=O)(=O)O. The maximum absolute atomic E-state index is 10.1. The van der Waals surface area contributed by atoms with E-state index >= 15 is 0 Å². The number of hydrogen-bond donors (Lipinski definition) is 2. The molecular weight excluding hydrogens is 555 g/mol. The second-order valence-electron chi connectivity index (χ2n) is 9.18. The lowest BCUT2D eigenvalue weighted by atomic mass is 9.93. The van der Waals surface area contributed by atoms with Gasteiger partial charge in [-0.15, -0.1) is 0 Å². The van der Waals surface area contributed by atoms with Crippen LogP contribution in [0.25, 0.3) is 33.4 Å². The Bertz CT molecular complexity index is 1490. The second kappa shape index (κ2) is 17.2. The number of rotatable bonds is 10. The van der Waals surface area contributed by atoms with Gasteiger partial charge < -0.3 is 15.1 Å².